The molecule has 0 fully saturated rings. The first-order chi connectivity index (χ1) is 15.6. The van der Waals surface area contributed by atoms with E-state index in [1.165, 1.54) is 0 Å². The Morgan fingerprint density at radius 3 is 2.53 bits per heavy atom. The molecule has 32 heavy (non-hydrogen) atoms. The lowest BCUT2D eigenvalue weighted by Gasteiger charge is -2.38. The molecule has 1 aromatic heterocycles. The van der Waals surface area contributed by atoms with Crippen LogP contribution in [0.15, 0.2) is 53.4 Å². The van der Waals surface area contributed by atoms with Gasteiger partial charge in [0.1, 0.15) is 0 Å². The summed E-state index contributed by atoms with van der Waals surface area (Å²) in [6.45, 7) is 4.66. The van der Waals surface area contributed by atoms with Gasteiger partial charge in [0.15, 0.2) is 5.92 Å². The van der Waals surface area contributed by atoms with E-state index >= 15 is 0 Å². The minimum Gasteiger partial charge on any atom is -0.465 e. The topological polar surface area (TPSA) is 64.4 Å². The van der Waals surface area contributed by atoms with E-state index in [9.17, 15) is 9.59 Å². The Labute approximate surface area is 193 Å². The molecule has 7 heteroatoms. The van der Waals surface area contributed by atoms with Crippen LogP contribution in [0.3, 0.4) is 0 Å². The van der Waals surface area contributed by atoms with Crippen LogP contribution < -0.4 is 4.90 Å². The molecular weight excluding hydrogens is 422 g/mol. The molecule has 1 aliphatic heterocycles. The second-order valence-corrected chi connectivity index (χ2v) is 8.79. The van der Waals surface area contributed by atoms with E-state index in [1.807, 2.05) is 54.8 Å². The fraction of sp³-hybridized carbons (Fsp3) is 0.400. The molecule has 1 amide bonds. The summed E-state index contributed by atoms with van der Waals surface area (Å²) in [5.41, 5.74) is 2.61. The molecule has 0 N–H and O–H groups in total. The molecule has 0 spiro atoms. The molecule has 2 atom stereocenters. The maximum atomic E-state index is 13.8. The van der Waals surface area contributed by atoms with Gasteiger partial charge in [-0.1, -0.05) is 44.0 Å². The number of hydrogen-bond donors (Lipinski definition) is 0. The summed E-state index contributed by atoms with van der Waals surface area (Å²) in [5.74, 6) is -1.07. The van der Waals surface area contributed by atoms with E-state index in [0.29, 0.717) is 12.5 Å². The third kappa shape index (κ3) is 4.01. The highest BCUT2D eigenvalue weighted by atomic mass is 32.2. The van der Waals surface area contributed by atoms with Gasteiger partial charge < -0.3 is 9.30 Å². The number of ether oxygens (including phenoxy) is 1. The van der Waals surface area contributed by atoms with Crippen LogP contribution in [-0.4, -0.2) is 40.8 Å². The number of aromatic nitrogens is 2. The zero-order valence-electron chi connectivity index (χ0n) is 18.8. The van der Waals surface area contributed by atoms with Crippen molar-refractivity contribution in [2.24, 2.45) is 5.92 Å². The molecule has 0 radical (unpaired) electrons. The van der Waals surface area contributed by atoms with Gasteiger partial charge in [0, 0.05) is 11.4 Å². The van der Waals surface area contributed by atoms with Gasteiger partial charge >= 0.3 is 5.97 Å². The number of para-hydroxylation sites is 2. The van der Waals surface area contributed by atoms with Crippen LogP contribution in [0.5, 0.6) is 0 Å². The Balaban J connectivity index is 1.92. The molecule has 0 saturated carbocycles. The van der Waals surface area contributed by atoms with Crippen molar-refractivity contribution in [1.29, 1.82) is 0 Å². The van der Waals surface area contributed by atoms with Gasteiger partial charge in [-0.2, -0.15) is 0 Å². The van der Waals surface area contributed by atoms with Gasteiger partial charge in [0.2, 0.25) is 11.9 Å². The Hall–Kier alpha value is -2.80. The molecule has 0 saturated heterocycles. The summed E-state index contributed by atoms with van der Waals surface area (Å²) in [4.78, 5) is 34.5. The minimum absolute atomic E-state index is 0.230. The SMILES string of the molecule is CCCCCN1C(=O)C(C(=O)OCC)C(c2ccc(SC)cc2)n2c1nc1ccccc12. The highest BCUT2D eigenvalue weighted by molar-refractivity contribution is 7.98. The van der Waals surface area contributed by atoms with Crippen LogP contribution in [0, 0.1) is 5.92 Å². The summed E-state index contributed by atoms with van der Waals surface area (Å²) in [6.07, 6.45) is 4.93. The number of amides is 1. The maximum Gasteiger partial charge on any atom is 0.321 e. The highest BCUT2D eigenvalue weighted by Gasteiger charge is 2.47. The fourth-order valence-electron chi connectivity index (χ4n) is 4.38. The zero-order chi connectivity index (χ0) is 22.7. The number of rotatable bonds is 8. The molecule has 1 aliphatic rings. The van der Waals surface area contributed by atoms with E-state index in [2.05, 4.69) is 11.5 Å². The second kappa shape index (κ2) is 9.77. The minimum atomic E-state index is -0.957. The first kappa shape index (κ1) is 22.4. The summed E-state index contributed by atoms with van der Waals surface area (Å²) >= 11 is 1.66. The summed E-state index contributed by atoms with van der Waals surface area (Å²) in [6, 6.07) is 15.4. The van der Waals surface area contributed by atoms with Gasteiger partial charge in [0.25, 0.3) is 0 Å². The van der Waals surface area contributed by atoms with E-state index in [-0.39, 0.29) is 12.5 Å². The molecule has 2 aromatic carbocycles. The van der Waals surface area contributed by atoms with E-state index in [4.69, 9.17) is 9.72 Å². The van der Waals surface area contributed by atoms with Gasteiger partial charge in [0.05, 0.1) is 23.7 Å². The highest BCUT2D eigenvalue weighted by Crippen LogP contribution is 2.41. The molecule has 168 valence electrons. The monoisotopic (exact) mass is 451 g/mol. The van der Waals surface area contributed by atoms with Crippen LogP contribution in [0.1, 0.15) is 44.7 Å². The van der Waals surface area contributed by atoms with Crippen LogP contribution in [0.25, 0.3) is 11.0 Å². The quantitative estimate of drug-likeness (QED) is 0.207. The van der Waals surface area contributed by atoms with Crippen molar-refractivity contribution in [3.63, 3.8) is 0 Å². The van der Waals surface area contributed by atoms with Crippen molar-refractivity contribution in [3.05, 3.63) is 54.1 Å². The second-order valence-electron chi connectivity index (χ2n) is 7.92. The summed E-state index contributed by atoms with van der Waals surface area (Å²) in [5, 5.41) is 0. The molecule has 2 heterocycles. The summed E-state index contributed by atoms with van der Waals surface area (Å²) in [7, 11) is 0. The van der Waals surface area contributed by atoms with Gasteiger partial charge in [-0.25, -0.2) is 4.98 Å². The van der Waals surface area contributed by atoms with Crippen molar-refractivity contribution in [2.45, 2.75) is 44.0 Å². The Morgan fingerprint density at radius 1 is 1.09 bits per heavy atom. The average Bonchev–Trinajstić information content (AvgIpc) is 3.19. The van der Waals surface area contributed by atoms with E-state index < -0.39 is 17.9 Å². The smallest absolute Gasteiger partial charge is 0.321 e. The first-order valence-electron chi connectivity index (χ1n) is 11.2. The number of thioether (sulfide) groups is 1. The van der Waals surface area contributed by atoms with Gasteiger partial charge in [-0.05, 0) is 49.4 Å². The number of anilines is 1. The van der Waals surface area contributed by atoms with Gasteiger partial charge in [-0.3, -0.25) is 14.5 Å². The van der Waals surface area contributed by atoms with Crippen LogP contribution in [-0.2, 0) is 14.3 Å². The predicted molar refractivity (Wildman–Crippen MR) is 128 cm³/mol. The molecule has 2 unspecified atom stereocenters. The number of esters is 1. The summed E-state index contributed by atoms with van der Waals surface area (Å²) < 4.78 is 7.46. The molecule has 3 aromatic rings. The first-order valence-corrected chi connectivity index (χ1v) is 12.4. The van der Waals surface area contributed by atoms with E-state index in [0.717, 1.165) is 40.8 Å². The Kier molecular flexibility index (Phi) is 6.84. The standard InChI is InChI=1S/C25H29N3O3S/c1-4-6-9-16-27-23(29)21(24(30)31-5-2)22(17-12-14-18(32-3)15-13-17)28-20-11-8-7-10-19(20)26-25(27)28/h7-8,10-15,21-22H,4-6,9,16H2,1-3H3. The van der Waals surface area contributed by atoms with Crippen molar-refractivity contribution in [3.8, 4) is 0 Å². The lowest BCUT2D eigenvalue weighted by molar-refractivity contribution is -0.153. The Bertz CT molecular complexity index is 1110. The Morgan fingerprint density at radius 2 is 1.84 bits per heavy atom. The van der Waals surface area contributed by atoms with Crippen LogP contribution >= 0.6 is 11.8 Å². The maximum absolute atomic E-state index is 13.8. The number of imidazole rings is 1. The van der Waals surface area contributed by atoms with Crippen molar-refractivity contribution < 1.29 is 14.3 Å². The lowest BCUT2D eigenvalue weighted by atomic mass is 9.89. The van der Waals surface area contributed by atoms with E-state index in [1.54, 1.807) is 23.6 Å². The van der Waals surface area contributed by atoms with Crippen molar-refractivity contribution in [1.82, 2.24) is 9.55 Å². The number of unbranched alkanes of at least 4 members (excludes halogenated alkanes) is 2. The van der Waals surface area contributed by atoms with Crippen molar-refractivity contribution >= 4 is 40.6 Å². The predicted octanol–water partition coefficient (Wildman–Crippen LogP) is 5.06. The number of benzene rings is 2. The van der Waals surface area contributed by atoms with Crippen LogP contribution in [0.4, 0.5) is 5.95 Å². The molecular formula is C25H29N3O3S. The lowest BCUT2D eigenvalue weighted by Crippen LogP contribution is -2.50. The molecule has 4 rings (SSSR count). The third-order valence-corrected chi connectivity index (χ3v) is 6.67. The van der Waals surface area contributed by atoms with Crippen molar-refractivity contribution in [2.75, 3.05) is 24.3 Å². The molecule has 0 aliphatic carbocycles. The molecule has 0 bridgehead atoms. The third-order valence-electron chi connectivity index (χ3n) is 5.93. The number of fused-ring (bicyclic) bond motifs is 3. The number of carbonyl (C=O) groups is 2. The number of carbonyl (C=O) groups excluding carboxylic acids is 2. The average molecular weight is 452 g/mol. The normalized spacial score (nSPS) is 18.1. The van der Waals surface area contributed by atoms with Gasteiger partial charge in [-0.15, -0.1) is 11.8 Å². The fourth-order valence-corrected chi connectivity index (χ4v) is 4.79. The molecule has 6 nitrogen and oxygen atoms in total. The zero-order valence-corrected chi connectivity index (χ0v) is 19.6. The largest absolute Gasteiger partial charge is 0.465 e. The number of nitrogens with zero attached hydrogens (tertiary/aromatic N) is 3. The van der Waals surface area contributed by atoms with Crippen LogP contribution in [0.2, 0.25) is 0 Å². The number of hydrogen-bond acceptors (Lipinski definition) is 5.